The van der Waals surface area contributed by atoms with Crippen LogP contribution in [0.5, 0.6) is 0 Å². The molecule has 2 atom stereocenters. The summed E-state index contributed by atoms with van der Waals surface area (Å²) in [6, 6.07) is 20.2. The van der Waals surface area contributed by atoms with Crippen LogP contribution in [-0.4, -0.2) is 65.5 Å². The zero-order valence-electron chi connectivity index (χ0n) is 23.5. The predicted octanol–water partition coefficient (Wildman–Crippen LogP) is 1.44. The van der Waals surface area contributed by atoms with E-state index in [9.17, 15) is 24.3 Å². The lowest BCUT2D eigenvalue weighted by molar-refractivity contribution is -0.131. The van der Waals surface area contributed by atoms with Crippen LogP contribution in [-0.2, 0) is 14.4 Å². The molecular weight excluding hydrogens is 550 g/mol. The van der Waals surface area contributed by atoms with Crippen molar-refractivity contribution in [1.82, 2.24) is 20.9 Å². The largest absolute Gasteiger partial charge is 0.394 e. The molecule has 12 nitrogen and oxygen atoms in total. The van der Waals surface area contributed by atoms with Crippen LogP contribution in [0.2, 0.25) is 0 Å². The Hall–Kier alpha value is -5.07. The average molecular weight is 586 g/mol. The van der Waals surface area contributed by atoms with Crippen molar-refractivity contribution in [3.8, 4) is 0 Å². The number of nitrogens with zero attached hydrogens (tertiary/aromatic N) is 1. The quantitative estimate of drug-likeness (QED) is 0.0850. The van der Waals surface area contributed by atoms with Gasteiger partial charge in [0.2, 0.25) is 17.7 Å². The van der Waals surface area contributed by atoms with Crippen LogP contribution in [0.15, 0.2) is 72.8 Å². The van der Waals surface area contributed by atoms with E-state index in [4.69, 9.17) is 16.5 Å². The molecule has 0 spiro atoms. The molecule has 0 radical (unpaired) electrons. The molecule has 1 heterocycles. The molecule has 9 N–H and O–H groups in total. The number of primary amides is 1. The van der Waals surface area contributed by atoms with Crippen LogP contribution < -0.4 is 32.7 Å². The Morgan fingerprint density at radius 1 is 0.837 bits per heavy atom. The van der Waals surface area contributed by atoms with Gasteiger partial charge in [-0.05, 0) is 50.1 Å². The van der Waals surface area contributed by atoms with Gasteiger partial charge in [-0.25, -0.2) is 4.98 Å². The van der Waals surface area contributed by atoms with Crippen LogP contribution in [0.1, 0.15) is 29.6 Å². The van der Waals surface area contributed by atoms with Crippen molar-refractivity contribution >= 4 is 56.8 Å². The van der Waals surface area contributed by atoms with E-state index in [0.29, 0.717) is 30.4 Å². The van der Waals surface area contributed by atoms with Gasteiger partial charge in [0, 0.05) is 16.5 Å². The summed E-state index contributed by atoms with van der Waals surface area (Å²) in [6.45, 7) is -0.703. The summed E-state index contributed by atoms with van der Waals surface area (Å²) in [5, 5.41) is 21.9. The molecule has 0 unspecified atom stereocenters. The van der Waals surface area contributed by atoms with Gasteiger partial charge in [-0.15, -0.1) is 0 Å². The summed E-state index contributed by atoms with van der Waals surface area (Å²) in [5.41, 5.74) is 13.8. The minimum atomic E-state index is -1.29. The van der Waals surface area contributed by atoms with E-state index in [1.165, 1.54) is 0 Å². The lowest BCUT2D eigenvalue weighted by Crippen LogP contribution is -2.55. The van der Waals surface area contributed by atoms with Gasteiger partial charge in [-0.1, -0.05) is 48.5 Å². The summed E-state index contributed by atoms with van der Waals surface area (Å²) in [7, 11) is 0. The topological polar surface area (TPSA) is 202 Å². The molecule has 0 saturated heterocycles. The van der Waals surface area contributed by atoms with E-state index in [1.54, 1.807) is 12.1 Å². The maximum absolute atomic E-state index is 13.3. The molecule has 4 rings (SSSR count). The predicted molar refractivity (Wildman–Crippen MR) is 164 cm³/mol. The number of anilines is 2. The number of carbonyl (C=O) groups is 4. The summed E-state index contributed by atoms with van der Waals surface area (Å²) in [6.07, 6.45) is 1.37. The molecule has 0 aliphatic rings. The molecule has 0 aliphatic carbocycles. The molecule has 4 aromatic rings. The first-order valence-corrected chi connectivity index (χ1v) is 13.9. The van der Waals surface area contributed by atoms with Crippen molar-refractivity contribution in [2.24, 2.45) is 11.5 Å². The van der Waals surface area contributed by atoms with Crippen molar-refractivity contribution in [2.75, 3.05) is 25.0 Å². The highest BCUT2D eigenvalue weighted by Crippen LogP contribution is 2.34. The van der Waals surface area contributed by atoms with Gasteiger partial charge in [0.25, 0.3) is 5.91 Å². The summed E-state index contributed by atoms with van der Waals surface area (Å²) < 4.78 is 0. The molecule has 0 saturated carbocycles. The third kappa shape index (κ3) is 7.82. The van der Waals surface area contributed by atoms with Gasteiger partial charge in [-0.2, -0.15) is 0 Å². The molecule has 224 valence electrons. The number of nitrogens with two attached hydrogens (primary N) is 2. The van der Waals surface area contributed by atoms with E-state index in [0.717, 1.165) is 22.1 Å². The third-order valence-electron chi connectivity index (χ3n) is 6.85. The van der Waals surface area contributed by atoms with Gasteiger partial charge in [0.05, 0.1) is 35.4 Å². The van der Waals surface area contributed by atoms with Gasteiger partial charge < -0.3 is 37.8 Å². The molecule has 0 fully saturated rings. The minimum absolute atomic E-state index is 0.233. The second kappa shape index (κ2) is 14.7. The van der Waals surface area contributed by atoms with Crippen LogP contribution >= 0.6 is 0 Å². The van der Waals surface area contributed by atoms with E-state index in [2.05, 4.69) is 21.3 Å². The number of para-hydroxylation sites is 3. The number of carbonyl (C=O) groups excluding carboxylic acids is 4. The zero-order valence-corrected chi connectivity index (χ0v) is 23.5. The average Bonchev–Trinajstić information content (AvgIpc) is 3.02. The zero-order chi connectivity index (χ0) is 30.8. The molecule has 12 heteroatoms. The number of hydrogen-bond acceptors (Lipinski definition) is 8. The highest BCUT2D eigenvalue weighted by Gasteiger charge is 2.25. The van der Waals surface area contributed by atoms with Crippen molar-refractivity contribution in [1.29, 1.82) is 0 Å². The molecule has 0 bridgehead atoms. The number of rotatable bonds is 14. The Morgan fingerprint density at radius 2 is 1.56 bits per heavy atom. The van der Waals surface area contributed by atoms with Crippen LogP contribution in [0, 0.1) is 0 Å². The third-order valence-corrected chi connectivity index (χ3v) is 6.85. The number of hydrogen-bond donors (Lipinski definition) is 7. The van der Waals surface area contributed by atoms with Crippen molar-refractivity contribution in [3.63, 3.8) is 0 Å². The van der Waals surface area contributed by atoms with Crippen molar-refractivity contribution in [3.05, 3.63) is 78.4 Å². The Labute approximate surface area is 248 Å². The number of aliphatic hydroxyl groups is 1. The standard InChI is InChI=1S/C31H35N7O5/c32-16-7-6-15-24(31(43)38-25(18-39)29(33)41)36-26(40)17-34-30(42)22-13-8-12-21-27(35-19-9-2-1-3-10-19)20-11-4-5-14-23(20)37-28(21)22/h1-5,8-14,24-25,39H,6-7,15-18,32H2,(H2,33,41)(H,34,42)(H,35,37)(H,36,40)(H,38,43)/t24-,25-/m0/s1. The van der Waals surface area contributed by atoms with E-state index < -0.39 is 48.9 Å². The second-order valence-corrected chi connectivity index (χ2v) is 9.93. The van der Waals surface area contributed by atoms with Gasteiger partial charge >= 0.3 is 0 Å². The fourth-order valence-corrected chi connectivity index (χ4v) is 4.64. The number of aromatic nitrogens is 1. The van der Waals surface area contributed by atoms with Gasteiger partial charge in [0.1, 0.15) is 12.1 Å². The van der Waals surface area contributed by atoms with E-state index in [1.807, 2.05) is 60.7 Å². The lowest BCUT2D eigenvalue weighted by atomic mass is 10.0. The Kier molecular flexibility index (Phi) is 10.6. The first kappa shape index (κ1) is 30.9. The first-order chi connectivity index (χ1) is 20.8. The summed E-state index contributed by atoms with van der Waals surface area (Å²) in [5.74, 6) is -2.73. The molecule has 1 aromatic heterocycles. The Balaban J connectivity index is 1.53. The number of nitrogens with one attached hydrogen (secondary N) is 4. The number of benzene rings is 3. The van der Waals surface area contributed by atoms with E-state index in [-0.39, 0.29) is 12.0 Å². The first-order valence-electron chi connectivity index (χ1n) is 13.9. The smallest absolute Gasteiger partial charge is 0.253 e. The highest BCUT2D eigenvalue weighted by molar-refractivity contribution is 6.15. The fraction of sp³-hybridized carbons (Fsp3) is 0.258. The SMILES string of the molecule is NCCCC[C@H](NC(=O)CNC(=O)c1cccc2c(Nc3ccccc3)c3ccccc3nc12)C(=O)N[C@@H](CO)C(N)=O. The minimum Gasteiger partial charge on any atom is -0.394 e. The van der Waals surface area contributed by atoms with E-state index >= 15 is 0 Å². The van der Waals surface area contributed by atoms with Crippen LogP contribution in [0.25, 0.3) is 21.8 Å². The Bertz CT molecular complexity index is 1610. The van der Waals surface area contributed by atoms with Crippen molar-refractivity contribution in [2.45, 2.75) is 31.3 Å². The monoisotopic (exact) mass is 585 g/mol. The fourth-order valence-electron chi connectivity index (χ4n) is 4.64. The summed E-state index contributed by atoms with van der Waals surface area (Å²) >= 11 is 0. The molecular formula is C31H35N7O5. The number of amides is 4. The Morgan fingerprint density at radius 3 is 2.28 bits per heavy atom. The van der Waals surface area contributed by atoms with Crippen LogP contribution in [0.4, 0.5) is 11.4 Å². The molecule has 3 aromatic carbocycles. The van der Waals surface area contributed by atoms with Gasteiger partial charge in [-0.3, -0.25) is 19.2 Å². The lowest BCUT2D eigenvalue weighted by Gasteiger charge is -2.21. The highest BCUT2D eigenvalue weighted by atomic mass is 16.3. The number of unbranched alkanes of at least 4 members (excludes halogenated alkanes) is 1. The number of pyridine rings is 1. The number of fused-ring (bicyclic) bond motifs is 2. The maximum atomic E-state index is 13.3. The second-order valence-electron chi connectivity index (χ2n) is 9.93. The maximum Gasteiger partial charge on any atom is 0.253 e. The number of aliphatic hydroxyl groups excluding tert-OH is 1. The molecule has 0 aliphatic heterocycles. The molecule has 4 amide bonds. The van der Waals surface area contributed by atoms with Crippen LogP contribution in [0.3, 0.4) is 0 Å². The normalized spacial score (nSPS) is 12.3. The van der Waals surface area contributed by atoms with Gasteiger partial charge in [0.15, 0.2) is 0 Å². The van der Waals surface area contributed by atoms with Crippen molar-refractivity contribution < 1.29 is 24.3 Å². The summed E-state index contributed by atoms with van der Waals surface area (Å²) in [4.78, 5) is 55.1. The molecule has 43 heavy (non-hydrogen) atoms.